The maximum Gasteiger partial charge on any atom is 0.325 e. The number of carbonyl (C=O) groups is 2. The second-order valence-corrected chi connectivity index (χ2v) is 6.98. The molecule has 4 N–H and O–H groups in total. The first-order valence-electron chi connectivity index (χ1n) is 9.43. The lowest BCUT2D eigenvalue weighted by atomic mass is 10.2. The average Bonchev–Trinajstić information content (AvgIpc) is 3.27. The number of guanidine groups is 1. The summed E-state index contributed by atoms with van der Waals surface area (Å²) in [6.07, 6.45) is 1.40. The van der Waals surface area contributed by atoms with Crippen molar-refractivity contribution < 1.29 is 24.0 Å². The number of aromatic nitrogens is 1. The van der Waals surface area contributed by atoms with E-state index in [4.69, 9.17) is 26.0 Å². The topological polar surface area (TPSA) is 138 Å². The Morgan fingerprint density at radius 2 is 1.88 bits per heavy atom. The molecule has 2 amide bonds. The van der Waals surface area contributed by atoms with Crippen LogP contribution in [0.1, 0.15) is 12.5 Å². The lowest BCUT2D eigenvalue weighted by Crippen LogP contribution is -2.48. The number of carboxylic acid groups (broad SMARTS) is 1. The molecule has 1 atom stereocenters. The van der Waals surface area contributed by atoms with Gasteiger partial charge in [-0.15, -0.1) is 0 Å². The number of carboxylic acids is 1. The predicted octanol–water partition coefficient (Wildman–Crippen LogP) is 3.86. The summed E-state index contributed by atoms with van der Waals surface area (Å²) in [5, 5.41) is 21.1. The lowest BCUT2D eigenvalue weighted by molar-refractivity contribution is -0.138. The van der Waals surface area contributed by atoms with Gasteiger partial charge in [0, 0.05) is 16.8 Å². The number of rotatable bonds is 7. The van der Waals surface area contributed by atoms with E-state index < -0.39 is 18.0 Å². The number of aliphatic imine (C=N–C) groups is 1. The Kier molecular flexibility index (Phi) is 7.65. The largest absolute Gasteiger partial charge is 0.480 e. The number of carbonyl (C=O) groups excluding carboxylic acids is 1. The number of benzene rings is 2. The highest BCUT2D eigenvalue weighted by atomic mass is 35.5. The van der Waals surface area contributed by atoms with Crippen LogP contribution in [-0.4, -0.2) is 34.3 Å². The number of nitrogens with one attached hydrogen (secondary N) is 3. The van der Waals surface area contributed by atoms with Crippen LogP contribution in [0.15, 0.2) is 70.4 Å². The van der Waals surface area contributed by atoms with Gasteiger partial charge in [0.2, 0.25) is 5.96 Å². The molecule has 0 fully saturated rings. The first-order chi connectivity index (χ1) is 15.4. The molecule has 0 bridgehead atoms. The molecule has 0 saturated carbocycles. The van der Waals surface area contributed by atoms with Crippen molar-refractivity contribution in [1.29, 1.82) is 0 Å². The Labute approximate surface area is 188 Å². The number of ether oxygens (including phenoxy) is 1. The van der Waals surface area contributed by atoms with Crippen LogP contribution in [0.3, 0.4) is 0 Å². The van der Waals surface area contributed by atoms with Gasteiger partial charge in [-0.25, -0.2) is 9.79 Å². The third kappa shape index (κ3) is 7.03. The summed E-state index contributed by atoms with van der Waals surface area (Å²) in [6.45, 7) is 1.61. The number of halogens is 1. The highest BCUT2D eigenvalue weighted by Crippen LogP contribution is 2.21. The fourth-order valence-electron chi connectivity index (χ4n) is 2.39. The lowest BCUT2D eigenvalue weighted by Gasteiger charge is -2.14. The van der Waals surface area contributed by atoms with E-state index in [1.165, 1.54) is 13.2 Å². The maximum absolute atomic E-state index is 12.2. The van der Waals surface area contributed by atoms with E-state index in [9.17, 15) is 9.59 Å². The summed E-state index contributed by atoms with van der Waals surface area (Å²) < 4.78 is 10.2. The molecular formula is C21H20ClN5O5. The van der Waals surface area contributed by atoms with Crippen molar-refractivity contribution >= 4 is 35.2 Å². The summed E-state index contributed by atoms with van der Waals surface area (Å²) in [5.74, 6) is -0.178. The van der Waals surface area contributed by atoms with Gasteiger partial charge in [-0.1, -0.05) is 23.7 Å². The van der Waals surface area contributed by atoms with Crippen LogP contribution in [0.2, 0.25) is 5.02 Å². The van der Waals surface area contributed by atoms with E-state index in [0.717, 1.165) is 5.56 Å². The van der Waals surface area contributed by atoms with Crippen molar-refractivity contribution in [2.75, 3.05) is 5.32 Å². The number of urea groups is 1. The van der Waals surface area contributed by atoms with Crippen molar-refractivity contribution in [3.05, 3.63) is 71.4 Å². The summed E-state index contributed by atoms with van der Waals surface area (Å²) in [5.41, 5.74) is 1.48. The molecule has 0 radical (unpaired) electrons. The van der Waals surface area contributed by atoms with Crippen molar-refractivity contribution in [1.82, 2.24) is 15.8 Å². The van der Waals surface area contributed by atoms with Gasteiger partial charge >= 0.3 is 12.0 Å². The van der Waals surface area contributed by atoms with Gasteiger partial charge < -0.3 is 25.0 Å². The molecule has 0 aliphatic carbocycles. The number of aliphatic carboxylic acids is 1. The number of hydrogen-bond acceptors (Lipinski definition) is 6. The summed E-state index contributed by atoms with van der Waals surface area (Å²) in [7, 11) is 0. The van der Waals surface area contributed by atoms with Crippen molar-refractivity contribution in [3.63, 3.8) is 0 Å². The highest BCUT2D eigenvalue weighted by Gasteiger charge is 2.15. The van der Waals surface area contributed by atoms with E-state index >= 15 is 0 Å². The van der Waals surface area contributed by atoms with Crippen LogP contribution in [0.5, 0.6) is 11.6 Å². The molecule has 166 valence electrons. The SMILES string of the molecule is C[C@@H](NC(=O)NC(=NCc1ccc(Cl)cc1)Nc1ccc(Oc2ccon2)cc1)C(=O)O. The zero-order valence-electron chi connectivity index (χ0n) is 16.9. The Balaban J connectivity index is 1.70. The second-order valence-electron chi connectivity index (χ2n) is 6.54. The van der Waals surface area contributed by atoms with Gasteiger partial charge in [-0.05, 0) is 54.0 Å². The minimum atomic E-state index is -1.16. The monoisotopic (exact) mass is 457 g/mol. The van der Waals surface area contributed by atoms with E-state index in [-0.39, 0.29) is 12.5 Å². The first-order valence-corrected chi connectivity index (χ1v) is 9.81. The van der Waals surface area contributed by atoms with E-state index in [2.05, 4.69) is 26.1 Å². The molecule has 3 rings (SSSR count). The minimum absolute atomic E-state index is 0.125. The molecular weight excluding hydrogens is 438 g/mol. The molecule has 1 aromatic heterocycles. The molecule has 0 spiro atoms. The van der Waals surface area contributed by atoms with E-state index in [1.807, 2.05) is 12.1 Å². The Hall–Kier alpha value is -4.05. The van der Waals surface area contributed by atoms with Gasteiger partial charge in [0.05, 0.1) is 6.54 Å². The Bertz CT molecular complexity index is 1070. The van der Waals surface area contributed by atoms with Gasteiger partial charge in [-0.3, -0.25) is 10.1 Å². The molecule has 0 aliphatic heterocycles. The molecule has 0 aliphatic rings. The highest BCUT2D eigenvalue weighted by molar-refractivity contribution is 6.30. The molecule has 2 aromatic carbocycles. The van der Waals surface area contributed by atoms with Crippen LogP contribution in [0.4, 0.5) is 10.5 Å². The standard InChI is InChI=1S/C21H20ClN5O5/c1-13(19(28)29)24-21(30)26-20(23-12-14-2-4-15(22)5-3-14)25-16-6-8-17(9-7-16)32-18-10-11-31-27-18/h2-11,13H,12H2,1H3,(H,28,29)(H3,23,24,25,26,30)/t13-/m1/s1. The molecule has 11 heteroatoms. The average molecular weight is 458 g/mol. The van der Waals surface area contributed by atoms with E-state index in [0.29, 0.717) is 22.3 Å². The van der Waals surface area contributed by atoms with Crippen molar-refractivity contribution in [2.24, 2.45) is 4.99 Å². The number of amides is 2. The number of anilines is 1. The maximum atomic E-state index is 12.2. The smallest absolute Gasteiger partial charge is 0.325 e. The molecule has 0 saturated heterocycles. The normalized spacial score (nSPS) is 12.0. The third-order valence-corrected chi connectivity index (χ3v) is 4.29. The molecule has 0 unspecified atom stereocenters. The zero-order chi connectivity index (χ0) is 22.9. The van der Waals surface area contributed by atoms with Gasteiger partial charge in [0.15, 0.2) is 0 Å². The first kappa shape index (κ1) is 22.6. The van der Waals surface area contributed by atoms with Crippen LogP contribution in [0.25, 0.3) is 0 Å². The predicted molar refractivity (Wildman–Crippen MR) is 118 cm³/mol. The Morgan fingerprint density at radius 3 is 2.50 bits per heavy atom. The van der Waals surface area contributed by atoms with Crippen LogP contribution < -0.4 is 20.7 Å². The fraction of sp³-hybridized carbons (Fsp3) is 0.143. The molecule has 1 heterocycles. The van der Waals surface area contributed by atoms with Gasteiger partial charge in [0.25, 0.3) is 5.88 Å². The second kappa shape index (κ2) is 10.8. The number of hydrogen-bond donors (Lipinski definition) is 4. The molecule has 10 nitrogen and oxygen atoms in total. The van der Waals surface area contributed by atoms with Gasteiger partial charge in [-0.2, -0.15) is 0 Å². The van der Waals surface area contributed by atoms with Crippen LogP contribution >= 0.6 is 11.6 Å². The van der Waals surface area contributed by atoms with Crippen molar-refractivity contribution in [3.8, 4) is 11.6 Å². The van der Waals surface area contributed by atoms with Crippen LogP contribution in [-0.2, 0) is 11.3 Å². The fourth-order valence-corrected chi connectivity index (χ4v) is 2.52. The molecule has 32 heavy (non-hydrogen) atoms. The quantitative estimate of drug-likeness (QED) is 0.312. The van der Waals surface area contributed by atoms with Crippen molar-refractivity contribution in [2.45, 2.75) is 19.5 Å². The zero-order valence-corrected chi connectivity index (χ0v) is 17.7. The third-order valence-electron chi connectivity index (χ3n) is 4.04. The summed E-state index contributed by atoms with van der Waals surface area (Å²) in [6, 6.07) is 13.7. The van der Waals surface area contributed by atoms with E-state index in [1.54, 1.807) is 42.5 Å². The van der Waals surface area contributed by atoms with Gasteiger partial charge in [0.1, 0.15) is 18.1 Å². The number of nitrogens with zero attached hydrogens (tertiary/aromatic N) is 2. The minimum Gasteiger partial charge on any atom is -0.480 e. The molecule has 3 aromatic rings. The summed E-state index contributed by atoms with van der Waals surface area (Å²) >= 11 is 5.90. The Morgan fingerprint density at radius 1 is 1.16 bits per heavy atom. The van der Waals surface area contributed by atoms with Crippen LogP contribution in [0, 0.1) is 0 Å². The summed E-state index contributed by atoms with van der Waals surface area (Å²) in [4.78, 5) is 27.5.